The predicted octanol–water partition coefficient (Wildman–Crippen LogP) is 4.62. The minimum atomic E-state index is -3.70. The first-order chi connectivity index (χ1) is 17.5. The van der Waals surface area contributed by atoms with Gasteiger partial charge in [-0.25, -0.2) is 22.4 Å². The minimum absolute atomic E-state index is 0.143. The van der Waals surface area contributed by atoms with Crippen molar-refractivity contribution in [3.05, 3.63) is 103 Å². The molecule has 178 valence electrons. The molecule has 0 aliphatic heterocycles. The molecule has 6 rings (SSSR count). The summed E-state index contributed by atoms with van der Waals surface area (Å²) in [6.07, 6.45) is 4.66. The van der Waals surface area contributed by atoms with Crippen molar-refractivity contribution in [3.63, 3.8) is 0 Å². The number of hydrogen-bond donors (Lipinski definition) is 0. The lowest BCUT2D eigenvalue weighted by molar-refractivity contribution is 0.451. The summed E-state index contributed by atoms with van der Waals surface area (Å²) >= 11 is 0. The van der Waals surface area contributed by atoms with Crippen molar-refractivity contribution in [3.8, 4) is 23.0 Å². The maximum absolute atomic E-state index is 13.2. The van der Waals surface area contributed by atoms with Gasteiger partial charge in [-0.2, -0.15) is 9.61 Å². The number of aromatic nitrogens is 6. The third-order valence-electron chi connectivity index (χ3n) is 5.70. The molecule has 36 heavy (non-hydrogen) atoms. The first-order valence-electron chi connectivity index (χ1n) is 11.2. The lowest BCUT2D eigenvalue weighted by Gasteiger charge is -2.11. The fourth-order valence-electron chi connectivity index (χ4n) is 4.04. The molecule has 0 fully saturated rings. The van der Waals surface area contributed by atoms with Gasteiger partial charge in [0.2, 0.25) is 15.9 Å². The summed E-state index contributed by atoms with van der Waals surface area (Å²) in [5.74, 6) is 0.714. The molecule has 0 aliphatic carbocycles. The van der Waals surface area contributed by atoms with Gasteiger partial charge in [-0.05, 0) is 36.8 Å². The summed E-state index contributed by atoms with van der Waals surface area (Å²) in [5.41, 5.74) is 3.80. The van der Waals surface area contributed by atoms with Crippen LogP contribution in [0.3, 0.4) is 0 Å². The number of hydrogen-bond acceptors (Lipinski definition) is 7. The molecule has 0 spiro atoms. The number of rotatable bonds is 6. The summed E-state index contributed by atoms with van der Waals surface area (Å²) in [6.45, 7) is 1.92. The zero-order chi connectivity index (χ0) is 24.7. The van der Waals surface area contributed by atoms with E-state index in [0.717, 1.165) is 5.69 Å². The van der Waals surface area contributed by atoms with Crippen molar-refractivity contribution < 1.29 is 13.2 Å². The van der Waals surface area contributed by atoms with E-state index in [-0.39, 0.29) is 11.4 Å². The Kier molecular flexibility index (Phi) is 5.23. The second kappa shape index (κ2) is 8.58. The van der Waals surface area contributed by atoms with E-state index in [2.05, 4.69) is 20.1 Å². The topological polar surface area (TPSA) is 104 Å². The Morgan fingerprint density at radius 2 is 1.75 bits per heavy atom. The number of ether oxygens (including phenoxy) is 1. The van der Waals surface area contributed by atoms with Crippen LogP contribution in [0.5, 0.6) is 11.6 Å². The largest absolute Gasteiger partial charge is 0.438 e. The van der Waals surface area contributed by atoms with Crippen LogP contribution in [0.15, 0.2) is 91.4 Å². The first-order valence-corrected chi connectivity index (χ1v) is 12.8. The molecular weight excluding hydrogens is 476 g/mol. The van der Waals surface area contributed by atoms with Gasteiger partial charge < -0.3 is 4.74 Å². The van der Waals surface area contributed by atoms with E-state index in [4.69, 9.17) is 4.74 Å². The Bertz CT molecular complexity index is 1830. The van der Waals surface area contributed by atoms with Crippen molar-refractivity contribution in [2.24, 2.45) is 0 Å². The molecule has 10 heteroatoms. The average molecular weight is 497 g/mol. The normalized spacial score (nSPS) is 11.8. The van der Waals surface area contributed by atoms with Gasteiger partial charge in [-0.3, -0.25) is 4.98 Å². The van der Waals surface area contributed by atoms with Crippen molar-refractivity contribution in [2.75, 3.05) is 0 Å². The van der Waals surface area contributed by atoms with Gasteiger partial charge in [-0.1, -0.05) is 36.4 Å². The van der Waals surface area contributed by atoms with E-state index in [9.17, 15) is 8.42 Å². The van der Waals surface area contributed by atoms with E-state index in [1.54, 1.807) is 47.1 Å². The molecule has 5 heterocycles. The fraction of sp³-hybridized carbons (Fsp3) is 0.0769. The molecule has 0 amide bonds. The Hall–Kier alpha value is -4.57. The van der Waals surface area contributed by atoms with Crippen molar-refractivity contribution in [1.29, 1.82) is 0 Å². The van der Waals surface area contributed by atoms with Gasteiger partial charge >= 0.3 is 0 Å². The number of benzene rings is 1. The van der Waals surface area contributed by atoms with Crippen LogP contribution in [0, 0.1) is 6.92 Å². The van der Waals surface area contributed by atoms with E-state index in [0.29, 0.717) is 39.6 Å². The number of aryl methyl sites for hydroxylation is 1. The highest BCUT2D eigenvalue weighted by Gasteiger charge is 2.20. The summed E-state index contributed by atoms with van der Waals surface area (Å²) in [5, 5.41) is 4.89. The highest BCUT2D eigenvalue weighted by molar-refractivity contribution is 7.89. The van der Waals surface area contributed by atoms with E-state index in [1.807, 2.05) is 43.3 Å². The molecule has 0 bridgehead atoms. The minimum Gasteiger partial charge on any atom is -0.438 e. The second-order valence-electron chi connectivity index (χ2n) is 8.25. The van der Waals surface area contributed by atoms with Crippen LogP contribution in [0.2, 0.25) is 0 Å². The molecule has 0 saturated carbocycles. The van der Waals surface area contributed by atoms with Gasteiger partial charge in [0.1, 0.15) is 5.75 Å². The van der Waals surface area contributed by atoms with Crippen LogP contribution >= 0.6 is 0 Å². The number of pyridine rings is 2. The molecule has 0 radical (unpaired) electrons. The summed E-state index contributed by atoms with van der Waals surface area (Å²) in [6, 6.07) is 21.7. The van der Waals surface area contributed by atoms with E-state index >= 15 is 0 Å². The Balaban J connectivity index is 1.41. The zero-order valence-corrected chi connectivity index (χ0v) is 20.0. The second-order valence-corrected chi connectivity index (χ2v) is 10.1. The predicted molar refractivity (Wildman–Crippen MR) is 135 cm³/mol. The monoisotopic (exact) mass is 496 g/mol. The van der Waals surface area contributed by atoms with E-state index in [1.165, 1.54) is 16.4 Å². The van der Waals surface area contributed by atoms with Crippen LogP contribution < -0.4 is 4.74 Å². The van der Waals surface area contributed by atoms with Crippen molar-refractivity contribution in [1.82, 2.24) is 28.5 Å². The molecule has 1 aromatic carbocycles. The molecule has 0 N–H and O–H groups in total. The number of fused-ring (bicyclic) bond motifs is 2. The van der Waals surface area contributed by atoms with Crippen LogP contribution in [0.4, 0.5) is 0 Å². The maximum atomic E-state index is 13.2. The van der Waals surface area contributed by atoms with Gasteiger partial charge in [0.05, 0.1) is 28.7 Å². The zero-order valence-electron chi connectivity index (χ0n) is 19.2. The van der Waals surface area contributed by atoms with Crippen molar-refractivity contribution >= 4 is 26.7 Å². The average Bonchev–Trinajstić information content (AvgIpc) is 3.53. The summed E-state index contributed by atoms with van der Waals surface area (Å²) in [4.78, 5) is 13.6. The standard InChI is InChI=1S/C26H20N6O3S/c1-18-6-5-9-21(29-18)22-16-25(32-24(30-22)11-14-28-32)35-23-10-13-27-26-20(23)12-15-31(26)36(33,34)17-19-7-3-2-4-8-19/h2-16H,17H2,1H3. The van der Waals surface area contributed by atoms with E-state index < -0.39 is 10.0 Å². The van der Waals surface area contributed by atoms with Crippen molar-refractivity contribution in [2.45, 2.75) is 12.7 Å². The lowest BCUT2D eigenvalue weighted by Crippen LogP contribution is -2.14. The Labute approximate surface area is 206 Å². The third kappa shape index (κ3) is 3.97. The van der Waals surface area contributed by atoms with Crippen LogP contribution in [-0.4, -0.2) is 37.0 Å². The molecule has 9 nitrogen and oxygen atoms in total. The Morgan fingerprint density at radius 1 is 0.889 bits per heavy atom. The van der Waals surface area contributed by atoms with Gasteiger partial charge in [0.25, 0.3) is 0 Å². The third-order valence-corrected chi connectivity index (χ3v) is 7.29. The molecule has 0 saturated heterocycles. The van der Waals surface area contributed by atoms with Gasteiger partial charge in [0, 0.05) is 30.2 Å². The molecule has 6 aromatic rings. The first kappa shape index (κ1) is 21.9. The Morgan fingerprint density at radius 3 is 2.58 bits per heavy atom. The molecule has 0 atom stereocenters. The summed E-state index contributed by atoms with van der Waals surface area (Å²) in [7, 11) is -3.70. The SMILES string of the molecule is Cc1cccc(-c2cc(Oc3ccnc4c3ccn4S(=O)(=O)Cc3ccccc3)n3nccc3n2)n1. The quantitative estimate of drug-likeness (QED) is 0.331. The molecule has 5 aromatic heterocycles. The van der Waals surface area contributed by atoms with Crippen LogP contribution in [0.1, 0.15) is 11.3 Å². The van der Waals surface area contributed by atoms with Gasteiger partial charge in [0.15, 0.2) is 11.3 Å². The highest BCUT2D eigenvalue weighted by Crippen LogP contribution is 2.32. The number of nitrogens with zero attached hydrogens (tertiary/aromatic N) is 6. The highest BCUT2D eigenvalue weighted by atomic mass is 32.2. The molecule has 0 aliphatic rings. The van der Waals surface area contributed by atoms with Gasteiger partial charge in [-0.15, -0.1) is 0 Å². The molecule has 0 unspecified atom stereocenters. The maximum Gasteiger partial charge on any atom is 0.244 e. The smallest absolute Gasteiger partial charge is 0.244 e. The van der Waals surface area contributed by atoms with Crippen LogP contribution in [0.25, 0.3) is 28.1 Å². The molecular formula is C26H20N6O3S. The summed E-state index contributed by atoms with van der Waals surface area (Å²) < 4.78 is 35.4. The van der Waals surface area contributed by atoms with Crippen LogP contribution in [-0.2, 0) is 15.8 Å². The fourth-order valence-corrected chi connectivity index (χ4v) is 5.45. The lowest BCUT2D eigenvalue weighted by atomic mass is 10.2.